The highest BCUT2D eigenvalue weighted by Crippen LogP contribution is 2.11. The van der Waals surface area contributed by atoms with Crippen LogP contribution in [0.1, 0.15) is 0 Å². The van der Waals surface area contributed by atoms with Gasteiger partial charge in [-0.3, -0.25) is 4.55 Å². The molecule has 3 aromatic rings. The van der Waals surface area contributed by atoms with Gasteiger partial charge < -0.3 is 0 Å². The second-order valence-corrected chi connectivity index (χ2v) is 4.22. The van der Waals surface area contributed by atoms with E-state index in [-0.39, 0.29) is 0 Å². The van der Waals surface area contributed by atoms with Gasteiger partial charge in [-0.2, -0.15) is 0 Å². The summed E-state index contributed by atoms with van der Waals surface area (Å²) in [6.45, 7) is 0. The molecule has 3 rings (SSSR count). The van der Waals surface area contributed by atoms with Crippen LogP contribution in [0.15, 0.2) is 84.9 Å². The topological polar surface area (TPSA) is 54.4 Å². The number of hydrogen-bond donors (Lipinski definition) is 2. The third-order valence-corrected chi connectivity index (χ3v) is 2.33. The van der Waals surface area contributed by atoms with Gasteiger partial charge >= 0.3 is 0 Å². The van der Waals surface area contributed by atoms with Gasteiger partial charge in [0.05, 0.1) is 0 Å². The van der Waals surface area contributed by atoms with Crippen LogP contribution >= 0.6 is 0 Å². The first kappa shape index (κ1) is 15.9. The van der Waals surface area contributed by atoms with Crippen molar-refractivity contribution in [2.24, 2.45) is 0 Å². The second-order valence-electron chi connectivity index (χ2n) is 3.74. The van der Waals surface area contributed by atoms with Crippen LogP contribution in [0.25, 0.3) is 10.8 Å². The standard InChI is InChI=1S/C10H8.C6H6.H2O3S/c1-2-6-10-8-4-3-7-9(10)5-1;1-2-4-6-5-3-1;1-4(2)3/h1-8H;1-6H;4H,(H,1,2,3). The van der Waals surface area contributed by atoms with Gasteiger partial charge in [0.15, 0.2) is 0 Å². The van der Waals surface area contributed by atoms with Gasteiger partial charge in [0.2, 0.25) is 0 Å². The van der Waals surface area contributed by atoms with E-state index in [2.05, 4.69) is 48.5 Å². The average Bonchev–Trinajstić information content (AvgIpc) is 2.49. The van der Waals surface area contributed by atoms with E-state index in [1.54, 1.807) is 0 Å². The molecule has 0 radical (unpaired) electrons. The molecule has 0 saturated carbocycles. The van der Waals surface area contributed by atoms with Crippen molar-refractivity contribution in [3.63, 3.8) is 0 Å². The Morgan fingerprint density at radius 3 is 0.950 bits per heavy atom. The normalized spacial score (nSPS) is 9.10. The number of hydrogen-bond acceptors (Lipinski definition) is 2. The second kappa shape index (κ2) is 9.72. The summed E-state index contributed by atoms with van der Waals surface area (Å²) in [5, 5.41) is 2.62. The van der Waals surface area contributed by atoms with Gasteiger partial charge in [0, 0.05) is 0 Å². The fraction of sp³-hybridized carbons (Fsp3) is 0. The first-order chi connectivity index (χ1) is 9.70. The molecular formula is C16H16O3S. The van der Waals surface area contributed by atoms with Gasteiger partial charge in [-0.15, -0.1) is 0 Å². The third-order valence-electron chi connectivity index (χ3n) is 2.33. The summed E-state index contributed by atoms with van der Waals surface area (Å²) >= 11 is 0. The molecule has 0 amide bonds. The van der Waals surface area contributed by atoms with Gasteiger partial charge in [-0.05, 0) is 10.8 Å². The lowest BCUT2D eigenvalue weighted by Gasteiger charge is -1.92. The summed E-state index contributed by atoms with van der Waals surface area (Å²) < 4.78 is 24.2. The minimum Gasteiger partial charge on any atom is -0.288 e. The van der Waals surface area contributed by atoms with E-state index < -0.39 is 11.0 Å². The van der Waals surface area contributed by atoms with Crippen molar-refractivity contribution in [2.45, 2.75) is 0 Å². The fourth-order valence-electron chi connectivity index (χ4n) is 1.52. The predicted molar refractivity (Wildman–Crippen MR) is 83.3 cm³/mol. The first-order valence-electron chi connectivity index (χ1n) is 5.97. The van der Waals surface area contributed by atoms with Crippen molar-refractivity contribution in [3.05, 3.63) is 84.9 Å². The Hall–Kier alpha value is -2.17. The highest BCUT2D eigenvalue weighted by Gasteiger charge is 1.85. The molecular weight excluding hydrogens is 272 g/mol. The Morgan fingerprint density at radius 2 is 0.750 bits per heavy atom. The molecule has 0 aliphatic carbocycles. The van der Waals surface area contributed by atoms with Crippen molar-refractivity contribution in [2.75, 3.05) is 0 Å². The zero-order valence-corrected chi connectivity index (χ0v) is 11.7. The van der Waals surface area contributed by atoms with Crippen molar-refractivity contribution >= 4 is 21.8 Å². The lowest BCUT2D eigenvalue weighted by atomic mass is 10.1. The van der Waals surface area contributed by atoms with Crippen LogP contribution in [-0.2, 0) is 11.0 Å². The molecule has 3 aromatic carbocycles. The zero-order chi connectivity index (χ0) is 14.6. The van der Waals surface area contributed by atoms with Crippen LogP contribution in [0.4, 0.5) is 0 Å². The molecule has 0 bridgehead atoms. The van der Waals surface area contributed by atoms with Crippen molar-refractivity contribution in [3.8, 4) is 0 Å². The van der Waals surface area contributed by atoms with Crippen LogP contribution in [0.2, 0.25) is 0 Å². The Morgan fingerprint density at radius 1 is 0.550 bits per heavy atom. The van der Waals surface area contributed by atoms with E-state index in [0.29, 0.717) is 0 Å². The summed E-state index contributed by atoms with van der Waals surface area (Å²) in [5.74, 6) is 0. The molecule has 20 heavy (non-hydrogen) atoms. The lowest BCUT2D eigenvalue weighted by Crippen LogP contribution is -1.67. The summed E-state index contributed by atoms with van der Waals surface area (Å²) in [6, 6.07) is 28.7. The maximum atomic E-state index is 8.59. The van der Waals surface area contributed by atoms with Crippen LogP contribution < -0.4 is 0 Å². The maximum absolute atomic E-state index is 8.59. The number of fused-ring (bicyclic) bond motifs is 1. The molecule has 0 atom stereocenters. The van der Waals surface area contributed by atoms with E-state index in [0.717, 1.165) is 0 Å². The number of thiol groups is 1. The van der Waals surface area contributed by atoms with E-state index in [4.69, 9.17) is 13.0 Å². The Kier molecular flexibility index (Phi) is 7.72. The zero-order valence-electron chi connectivity index (χ0n) is 10.8. The molecule has 104 valence electrons. The molecule has 0 aliphatic rings. The van der Waals surface area contributed by atoms with Crippen LogP contribution in [0, 0.1) is 0 Å². The monoisotopic (exact) mass is 288 g/mol. The molecule has 0 aliphatic heterocycles. The van der Waals surface area contributed by atoms with E-state index in [1.165, 1.54) is 10.8 Å². The summed E-state index contributed by atoms with van der Waals surface area (Å²) in [4.78, 5) is 0. The van der Waals surface area contributed by atoms with E-state index >= 15 is 0 Å². The van der Waals surface area contributed by atoms with Crippen molar-refractivity contribution in [1.29, 1.82) is 0 Å². The molecule has 0 heterocycles. The molecule has 0 spiro atoms. The van der Waals surface area contributed by atoms with Crippen LogP contribution in [0.5, 0.6) is 0 Å². The molecule has 0 aromatic heterocycles. The van der Waals surface area contributed by atoms with Gasteiger partial charge in [-0.25, -0.2) is 8.42 Å². The van der Waals surface area contributed by atoms with Gasteiger partial charge in [-0.1, -0.05) is 84.9 Å². The van der Waals surface area contributed by atoms with Gasteiger partial charge in [0.1, 0.15) is 0 Å². The largest absolute Gasteiger partial charge is 0.288 e. The minimum atomic E-state index is -3.12. The average molecular weight is 288 g/mol. The molecule has 0 fully saturated rings. The van der Waals surface area contributed by atoms with Gasteiger partial charge in [0.25, 0.3) is 11.0 Å². The Labute approximate surface area is 120 Å². The SMILES string of the molecule is O=[SH](=O)O.c1ccc2ccccc2c1.c1ccccc1. The molecule has 4 heteroatoms. The number of benzene rings is 3. The summed E-state index contributed by atoms with van der Waals surface area (Å²) in [5.41, 5.74) is 0. The highest BCUT2D eigenvalue weighted by molar-refractivity contribution is 7.66. The fourth-order valence-corrected chi connectivity index (χ4v) is 1.52. The third kappa shape index (κ3) is 7.31. The molecule has 3 nitrogen and oxygen atoms in total. The predicted octanol–water partition coefficient (Wildman–Crippen LogP) is 3.60. The molecule has 1 N–H and O–H groups in total. The molecule has 0 saturated heterocycles. The summed E-state index contributed by atoms with van der Waals surface area (Å²) in [6.07, 6.45) is 0. The van der Waals surface area contributed by atoms with Crippen LogP contribution in [0.3, 0.4) is 0 Å². The summed E-state index contributed by atoms with van der Waals surface area (Å²) in [7, 11) is -3.12. The highest BCUT2D eigenvalue weighted by atomic mass is 32.2. The van der Waals surface area contributed by atoms with E-state index in [1.807, 2.05) is 36.4 Å². The quantitative estimate of drug-likeness (QED) is 0.491. The smallest absolute Gasteiger partial charge is 0.254 e. The van der Waals surface area contributed by atoms with Crippen molar-refractivity contribution in [1.82, 2.24) is 0 Å². The molecule has 0 unspecified atom stereocenters. The lowest BCUT2D eigenvalue weighted by molar-refractivity contribution is 0.509. The minimum absolute atomic E-state index is 1.31. The first-order valence-corrected chi connectivity index (χ1v) is 7.10. The maximum Gasteiger partial charge on any atom is 0.254 e. The Balaban J connectivity index is 0.000000172. The van der Waals surface area contributed by atoms with Crippen LogP contribution in [-0.4, -0.2) is 13.0 Å². The number of rotatable bonds is 0. The Bertz CT molecular complexity index is 579. The van der Waals surface area contributed by atoms with E-state index in [9.17, 15) is 0 Å². The van der Waals surface area contributed by atoms with Crippen molar-refractivity contribution < 1.29 is 13.0 Å².